The Morgan fingerprint density at radius 1 is 0.256 bits per heavy atom. The molecule has 0 saturated carbocycles. The Bertz CT molecular complexity index is 1210. The maximum atomic E-state index is 8.31. The summed E-state index contributed by atoms with van der Waals surface area (Å²) in [6.07, 6.45) is 0. The van der Waals surface area contributed by atoms with E-state index in [1.54, 1.807) is 0 Å². The zero-order valence-corrected chi connectivity index (χ0v) is 31.9. The van der Waals surface area contributed by atoms with Gasteiger partial charge < -0.3 is 37.2 Å². The number of benzene rings is 6. The van der Waals surface area contributed by atoms with E-state index in [-0.39, 0.29) is 37.2 Å². The Morgan fingerprint density at radius 3 is 0.488 bits per heavy atom. The van der Waals surface area contributed by atoms with Gasteiger partial charge in [0.25, 0.3) is 0 Å². The number of rotatable bonds is 6. The Labute approximate surface area is 294 Å². The van der Waals surface area contributed by atoms with Crippen molar-refractivity contribution < 1.29 is 59.9 Å². The van der Waals surface area contributed by atoms with Crippen molar-refractivity contribution in [3.8, 4) is 0 Å². The number of hydrogen-bond donors (Lipinski definition) is 0. The van der Waals surface area contributed by atoms with Gasteiger partial charge in [0.2, 0.25) is 0 Å². The molecule has 0 unspecified atom stereocenters. The zero-order chi connectivity index (χ0) is 27.8. The third kappa shape index (κ3) is 11.7. The standard InChI is InChI=1S/2C18H15As.3ClH.O.Re/c2*1-4-10-16(11-5-1)19(17-12-6-2-7-13-17)18-14-8-3-9-15-18;;;;;/h2*1-15H;3*1H;;/q;;;;;;+3/p-3. The van der Waals surface area contributed by atoms with Crippen molar-refractivity contribution in [2.75, 3.05) is 0 Å². The monoisotopic (exact) mass is 920 g/mol. The minimum atomic E-state index is -1.39. The SMILES string of the molecule is [Cl-].[Cl-].[Cl-].[O]=[Re+3].c1ccc([As](c2ccccc2)c2ccccc2)cc1.c1ccc([As](c2ccccc2)c2ccccc2)cc1. The van der Waals surface area contributed by atoms with Crippen molar-refractivity contribution in [1.82, 2.24) is 0 Å². The van der Waals surface area contributed by atoms with Crippen LogP contribution in [-0.4, -0.2) is 29.3 Å². The predicted molar refractivity (Wildman–Crippen MR) is 169 cm³/mol. The first kappa shape index (κ1) is 38.8. The fraction of sp³-hybridized carbons (Fsp3) is 0. The summed E-state index contributed by atoms with van der Waals surface area (Å²) >= 11 is -2.31. The molecule has 0 aliphatic heterocycles. The van der Waals surface area contributed by atoms with E-state index in [0.29, 0.717) is 19.2 Å². The van der Waals surface area contributed by atoms with E-state index in [4.69, 9.17) is 3.47 Å². The van der Waals surface area contributed by atoms with Crippen LogP contribution in [0.25, 0.3) is 0 Å². The molecule has 6 aromatic carbocycles. The molecule has 1 nitrogen and oxygen atoms in total. The van der Waals surface area contributed by atoms with E-state index >= 15 is 0 Å². The van der Waals surface area contributed by atoms with Gasteiger partial charge in [0.05, 0.1) is 0 Å². The van der Waals surface area contributed by atoms with E-state index < -0.39 is 29.3 Å². The summed E-state index contributed by atoms with van der Waals surface area (Å²) in [6, 6.07) is 65.4. The molecule has 0 fully saturated rings. The summed E-state index contributed by atoms with van der Waals surface area (Å²) in [7, 11) is 0. The molecule has 0 amide bonds. The van der Waals surface area contributed by atoms with Crippen LogP contribution in [0.5, 0.6) is 0 Å². The van der Waals surface area contributed by atoms with Crippen LogP contribution in [0, 0.1) is 0 Å². The second-order valence-corrected chi connectivity index (χ2v) is 18.0. The Balaban J connectivity index is 0.000000381. The van der Waals surface area contributed by atoms with Gasteiger partial charge in [0.15, 0.2) is 0 Å². The van der Waals surface area contributed by atoms with E-state index in [1.807, 2.05) is 0 Å². The maximum absolute atomic E-state index is 8.31. The molecule has 0 aliphatic rings. The molecule has 0 heterocycles. The molecule has 0 bridgehead atoms. The van der Waals surface area contributed by atoms with Crippen LogP contribution in [0.2, 0.25) is 0 Å². The van der Waals surface area contributed by atoms with Crippen molar-refractivity contribution >= 4 is 55.4 Å². The summed E-state index contributed by atoms with van der Waals surface area (Å²) in [5.41, 5.74) is 0. The molecule has 218 valence electrons. The second-order valence-electron chi connectivity index (χ2n) is 8.68. The fourth-order valence-corrected chi connectivity index (χ4v) is 14.0. The summed E-state index contributed by atoms with van der Waals surface area (Å²) in [5, 5.41) is 0. The summed E-state index contributed by atoms with van der Waals surface area (Å²) in [6.45, 7) is 0. The van der Waals surface area contributed by atoms with Crippen molar-refractivity contribution in [3.63, 3.8) is 0 Å². The van der Waals surface area contributed by atoms with Crippen molar-refractivity contribution in [2.45, 2.75) is 0 Å². The van der Waals surface area contributed by atoms with Crippen LogP contribution < -0.4 is 63.3 Å². The van der Waals surface area contributed by atoms with Gasteiger partial charge in [-0.2, -0.15) is 0 Å². The van der Waals surface area contributed by atoms with E-state index in [1.165, 1.54) is 26.1 Å². The molecule has 43 heavy (non-hydrogen) atoms. The predicted octanol–water partition coefficient (Wildman–Crippen LogP) is -4.70. The van der Waals surface area contributed by atoms with Gasteiger partial charge >= 0.3 is 260 Å². The van der Waals surface area contributed by atoms with Gasteiger partial charge in [-0.15, -0.1) is 0 Å². The molecule has 7 heteroatoms. The molecule has 0 radical (unpaired) electrons. The third-order valence-electron chi connectivity index (χ3n) is 6.09. The first-order chi connectivity index (χ1) is 19.9. The summed E-state index contributed by atoms with van der Waals surface area (Å²) < 4.78 is 17.2. The Hall–Kier alpha value is -2.23. The molecule has 0 saturated heterocycles. The van der Waals surface area contributed by atoms with Gasteiger partial charge in [-0.1, -0.05) is 0 Å². The Morgan fingerprint density at radius 2 is 0.372 bits per heavy atom. The molecule has 6 aromatic rings. The topological polar surface area (TPSA) is 17.1 Å². The van der Waals surface area contributed by atoms with Crippen molar-refractivity contribution in [2.24, 2.45) is 0 Å². The van der Waals surface area contributed by atoms with Gasteiger partial charge in [0, 0.05) is 0 Å². The van der Waals surface area contributed by atoms with Gasteiger partial charge in [-0.25, -0.2) is 0 Å². The minimum absolute atomic E-state index is 0. The first-order valence-electron chi connectivity index (χ1n) is 13.0. The van der Waals surface area contributed by atoms with Crippen LogP contribution in [0.3, 0.4) is 0 Å². The van der Waals surface area contributed by atoms with E-state index in [9.17, 15) is 0 Å². The Kier molecular flexibility index (Phi) is 20.1. The molecule has 0 aliphatic carbocycles. The second kappa shape index (κ2) is 22.3. The summed E-state index contributed by atoms with van der Waals surface area (Å²) in [5.74, 6) is 0. The molecular weight excluding hydrogens is 891 g/mol. The molecule has 0 spiro atoms. The average molecular weight is 921 g/mol. The normalized spacial score (nSPS) is 9.42. The van der Waals surface area contributed by atoms with Gasteiger partial charge in [-0.3, -0.25) is 0 Å². The number of hydrogen-bond acceptors (Lipinski definition) is 1. The number of halogens is 3. The van der Waals surface area contributed by atoms with Crippen molar-refractivity contribution in [3.05, 3.63) is 182 Å². The van der Waals surface area contributed by atoms with Crippen LogP contribution in [0.15, 0.2) is 182 Å². The zero-order valence-electron chi connectivity index (χ0n) is 23.1. The fourth-order valence-electron chi connectivity index (χ4n) is 4.36. The van der Waals surface area contributed by atoms with E-state index in [2.05, 4.69) is 182 Å². The van der Waals surface area contributed by atoms with E-state index in [0.717, 1.165) is 0 Å². The van der Waals surface area contributed by atoms with Gasteiger partial charge in [0.1, 0.15) is 0 Å². The molecule has 0 atom stereocenters. The quantitative estimate of drug-likeness (QED) is 0.154. The summed E-state index contributed by atoms with van der Waals surface area (Å²) in [4.78, 5) is 0. The molecular formula is C36H30As2Cl3ORe. The third-order valence-corrected chi connectivity index (χ3v) is 16.3. The molecule has 0 N–H and O–H groups in total. The van der Waals surface area contributed by atoms with Crippen LogP contribution in [0.1, 0.15) is 0 Å². The molecule has 0 aromatic heterocycles. The van der Waals surface area contributed by atoms with Gasteiger partial charge in [-0.05, 0) is 0 Å². The van der Waals surface area contributed by atoms with Crippen LogP contribution in [-0.2, 0) is 22.6 Å². The first-order valence-corrected chi connectivity index (χ1v) is 19.7. The van der Waals surface area contributed by atoms with Crippen LogP contribution >= 0.6 is 0 Å². The van der Waals surface area contributed by atoms with Crippen LogP contribution in [0.4, 0.5) is 0 Å². The molecule has 6 rings (SSSR count). The average Bonchev–Trinajstić information content (AvgIpc) is 3.06. The van der Waals surface area contributed by atoms with Crippen molar-refractivity contribution in [1.29, 1.82) is 0 Å².